The van der Waals surface area contributed by atoms with Crippen LogP contribution in [0.15, 0.2) is 53.4 Å². The minimum absolute atomic E-state index is 0.102. The lowest BCUT2D eigenvalue weighted by molar-refractivity contribution is -0.121. The molecule has 0 saturated heterocycles. The minimum Gasteiger partial charge on any atom is -0.325 e. The molecule has 0 radical (unpaired) electrons. The minimum atomic E-state index is -3.54. The number of hydrogen-bond acceptors (Lipinski definition) is 4. The van der Waals surface area contributed by atoms with Crippen LogP contribution in [0.25, 0.3) is 0 Å². The van der Waals surface area contributed by atoms with Gasteiger partial charge in [0, 0.05) is 24.8 Å². The molecule has 1 aliphatic rings. The Labute approximate surface area is 167 Å². The molecule has 3 rings (SSSR count). The van der Waals surface area contributed by atoms with E-state index in [1.165, 1.54) is 23.3 Å². The van der Waals surface area contributed by atoms with Crippen LogP contribution in [0.2, 0.25) is 0 Å². The van der Waals surface area contributed by atoms with Crippen LogP contribution in [0.4, 0.5) is 5.69 Å². The molecular weight excluding hydrogens is 374 g/mol. The van der Waals surface area contributed by atoms with Crippen LogP contribution in [0, 0.1) is 0 Å². The van der Waals surface area contributed by atoms with Gasteiger partial charge < -0.3 is 5.32 Å². The lowest BCUT2D eigenvalue weighted by Gasteiger charge is -2.32. The van der Waals surface area contributed by atoms with Gasteiger partial charge >= 0.3 is 0 Å². The third kappa shape index (κ3) is 4.79. The highest BCUT2D eigenvalue weighted by molar-refractivity contribution is 7.89. The Hall–Kier alpha value is -2.22. The Morgan fingerprint density at radius 3 is 2.29 bits per heavy atom. The van der Waals surface area contributed by atoms with Gasteiger partial charge in [-0.1, -0.05) is 24.3 Å². The molecule has 0 spiro atoms. The molecule has 150 valence electrons. The highest BCUT2D eigenvalue weighted by Gasteiger charge is 2.25. The average molecular weight is 402 g/mol. The molecule has 1 amide bonds. The monoisotopic (exact) mass is 401 g/mol. The molecule has 2 N–H and O–H groups in total. The van der Waals surface area contributed by atoms with Gasteiger partial charge in [0.2, 0.25) is 15.9 Å². The molecule has 0 aliphatic carbocycles. The molecule has 0 bridgehead atoms. The van der Waals surface area contributed by atoms with E-state index in [0.29, 0.717) is 5.69 Å². The summed E-state index contributed by atoms with van der Waals surface area (Å²) in [4.78, 5) is 15.0. The quantitative estimate of drug-likeness (QED) is 0.780. The molecule has 7 heteroatoms. The number of fused-ring (bicyclic) bond motifs is 1. The molecule has 2 aromatic rings. The van der Waals surface area contributed by atoms with E-state index >= 15 is 0 Å². The number of rotatable bonds is 6. The summed E-state index contributed by atoms with van der Waals surface area (Å²) >= 11 is 0. The van der Waals surface area contributed by atoms with Crippen molar-refractivity contribution in [1.82, 2.24) is 9.62 Å². The summed E-state index contributed by atoms with van der Waals surface area (Å²) < 4.78 is 26.9. The Morgan fingerprint density at radius 2 is 1.64 bits per heavy atom. The number of carbonyl (C=O) groups excluding carboxylic acids is 1. The van der Waals surface area contributed by atoms with Crippen LogP contribution >= 0.6 is 0 Å². The van der Waals surface area contributed by atoms with Gasteiger partial charge in [0.05, 0.1) is 10.9 Å². The van der Waals surface area contributed by atoms with Crippen molar-refractivity contribution < 1.29 is 13.2 Å². The van der Waals surface area contributed by atoms with Gasteiger partial charge in [-0.15, -0.1) is 0 Å². The van der Waals surface area contributed by atoms with Crippen LogP contribution in [-0.2, 0) is 27.8 Å². The van der Waals surface area contributed by atoms with E-state index in [1.54, 1.807) is 26.0 Å². The molecule has 0 unspecified atom stereocenters. The second kappa shape index (κ2) is 8.43. The molecule has 0 fully saturated rings. The third-order valence-corrected chi connectivity index (χ3v) is 6.58. The summed E-state index contributed by atoms with van der Waals surface area (Å²) in [6.45, 7) is 7.03. The molecule has 0 saturated carbocycles. The lowest BCUT2D eigenvalue weighted by Crippen LogP contribution is -2.44. The molecule has 1 aliphatic heterocycles. The zero-order valence-corrected chi connectivity index (χ0v) is 17.3. The standard InChI is InChI=1S/C21H27N3O3S/c1-15(2)23-28(26,27)20-10-8-19(9-11-20)22-21(25)16(3)24-13-12-17-6-4-5-7-18(17)14-24/h4-11,15-16,23H,12-14H2,1-3H3,(H,22,25)/t16-/m1/s1. The Bertz CT molecular complexity index is 940. The summed E-state index contributed by atoms with van der Waals surface area (Å²) in [6, 6.07) is 14.1. The highest BCUT2D eigenvalue weighted by atomic mass is 32.2. The van der Waals surface area contributed by atoms with Crippen molar-refractivity contribution in [3.8, 4) is 0 Å². The number of nitrogens with one attached hydrogen (secondary N) is 2. The Morgan fingerprint density at radius 1 is 1.00 bits per heavy atom. The molecule has 28 heavy (non-hydrogen) atoms. The van der Waals surface area contributed by atoms with Crippen LogP contribution in [0.5, 0.6) is 0 Å². The van der Waals surface area contributed by atoms with Crippen molar-refractivity contribution in [2.45, 2.75) is 50.7 Å². The first-order chi connectivity index (χ1) is 13.3. The molecular formula is C21H27N3O3S. The summed E-state index contributed by atoms with van der Waals surface area (Å²) in [5.41, 5.74) is 3.19. The Balaban J connectivity index is 1.63. The number of sulfonamides is 1. The van der Waals surface area contributed by atoms with Crippen molar-refractivity contribution in [1.29, 1.82) is 0 Å². The normalized spacial score (nSPS) is 15.9. The van der Waals surface area contributed by atoms with Crippen LogP contribution < -0.4 is 10.0 Å². The average Bonchev–Trinajstić information content (AvgIpc) is 2.66. The maximum atomic E-state index is 12.7. The second-order valence-corrected chi connectivity index (χ2v) is 9.17. The lowest BCUT2D eigenvalue weighted by atomic mass is 9.99. The molecule has 1 atom stereocenters. The summed E-state index contributed by atoms with van der Waals surface area (Å²) in [7, 11) is -3.54. The van der Waals surface area contributed by atoms with Crippen LogP contribution in [-0.4, -0.2) is 37.9 Å². The number of carbonyl (C=O) groups is 1. The maximum Gasteiger partial charge on any atom is 0.241 e. The first-order valence-corrected chi connectivity index (χ1v) is 11.0. The highest BCUT2D eigenvalue weighted by Crippen LogP contribution is 2.21. The van der Waals surface area contributed by atoms with E-state index in [-0.39, 0.29) is 22.9 Å². The van der Waals surface area contributed by atoms with Crippen LogP contribution in [0.1, 0.15) is 31.9 Å². The summed E-state index contributed by atoms with van der Waals surface area (Å²) in [5, 5.41) is 2.89. The first-order valence-electron chi connectivity index (χ1n) is 9.50. The van der Waals surface area contributed by atoms with E-state index in [9.17, 15) is 13.2 Å². The summed E-state index contributed by atoms with van der Waals surface area (Å²) in [5.74, 6) is -0.102. The molecule has 6 nitrogen and oxygen atoms in total. The van der Waals surface area contributed by atoms with Gasteiger partial charge in [-0.05, 0) is 62.6 Å². The zero-order chi connectivity index (χ0) is 20.3. The van der Waals surface area contributed by atoms with Crippen LogP contribution in [0.3, 0.4) is 0 Å². The van der Waals surface area contributed by atoms with Crippen molar-refractivity contribution in [2.24, 2.45) is 0 Å². The van der Waals surface area contributed by atoms with Gasteiger partial charge in [-0.3, -0.25) is 9.69 Å². The molecule has 1 heterocycles. The van der Waals surface area contributed by atoms with Crippen molar-refractivity contribution >= 4 is 21.6 Å². The number of hydrogen-bond donors (Lipinski definition) is 2. The van der Waals surface area contributed by atoms with E-state index in [0.717, 1.165) is 19.5 Å². The fourth-order valence-electron chi connectivity index (χ4n) is 3.36. The number of nitrogens with zero attached hydrogens (tertiary/aromatic N) is 1. The Kier molecular flexibility index (Phi) is 6.17. The topological polar surface area (TPSA) is 78.5 Å². The summed E-state index contributed by atoms with van der Waals surface area (Å²) in [6.07, 6.45) is 0.934. The second-order valence-electron chi connectivity index (χ2n) is 7.45. The predicted octanol–water partition coefficient (Wildman–Crippen LogP) is 2.76. The fourth-order valence-corrected chi connectivity index (χ4v) is 4.61. The van der Waals surface area contributed by atoms with Crippen molar-refractivity contribution in [2.75, 3.05) is 11.9 Å². The fraction of sp³-hybridized carbons (Fsp3) is 0.381. The van der Waals surface area contributed by atoms with Crippen molar-refractivity contribution in [3.63, 3.8) is 0 Å². The van der Waals surface area contributed by atoms with Gasteiger partial charge in [-0.2, -0.15) is 0 Å². The van der Waals surface area contributed by atoms with Gasteiger partial charge in [-0.25, -0.2) is 13.1 Å². The van der Waals surface area contributed by atoms with E-state index in [4.69, 9.17) is 0 Å². The van der Waals surface area contributed by atoms with Crippen molar-refractivity contribution in [3.05, 3.63) is 59.7 Å². The smallest absolute Gasteiger partial charge is 0.241 e. The molecule has 2 aromatic carbocycles. The SMILES string of the molecule is CC(C)NS(=O)(=O)c1ccc(NC(=O)[C@@H](C)N2CCc3ccccc3C2)cc1. The van der Waals surface area contributed by atoms with Gasteiger partial charge in [0.1, 0.15) is 0 Å². The first kappa shape index (κ1) is 20.5. The van der Waals surface area contributed by atoms with Gasteiger partial charge in [0.25, 0.3) is 0 Å². The molecule has 0 aromatic heterocycles. The third-order valence-electron chi connectivity index (χ3n) is 4.91. The number of anilines is 1. The van der Waals surface area contributed by atoms with Gasteiger partial charge in [0.15, 0.2) is 0 Å². The van der Waals surface area contributed by atoms with E-state index < -0.39 is 10.0 Å². The maximum absolute atomic E-state index is 12.7. The predicted molar refractivity (Wildman–Crippen MR) is 111 cm³/mol. The van der Waals surface area contributed by atoms with E-state index in [2.05, 4.69) is 27.1 Å². The zero-order valence-electron chi connectivity index (χ0n) is 16.5. The largest absolute Gasteiger partial charge is 0.325 e. The van der Waals surface area contributed by atoms with E-state index in [1.807, 2.05) is 19.1 Å². The number of amides is 1. The number of benzene rings is 2.